The summed E-state index contributed by atoms with van der Waals surface area (Å²) in [7, 11) is 1.76. The first-order valence-electron chi connectivity index (χ1n) is 7.68. The fourth-order valence-corrected chi connectivity index (χ4v) is 2.20. The lowest BCUT2D eigenvalue weighted by Crippen LogP contribution is -2.25. The van der Waals surface area contributed by atoms with E-state index in [0.29, 0.717) is 32.1 Å². The number of ether oxygens (including phenoxy) is 2. The van der Waals surface area contributed by atoms with E-state index in [0.717, 1.165) is 17.0 Å². The second-order valence-corrected chi connectivity index (χ2v) is 5.17. The molecule has 1 N–H and O–H groups in total. The minimum atomic E-state index is -0.143. The average Bonchev–Trinajstić information content (AvgIpc) is 2.88. The van der Waals surface area contributed by atoms with Gasteiger partial charge in [-0.1, -0.05) is 12.1 Å². The van der Waals surface area contributed by atoms with Crippen molar-refractivity contribution in [3.63, 3.8) is 0 Å². The molecule has 0 saturated carbocycles. The molecule has 23 heavy (non-hydrogen) atoms. The van der Waals surface area contributed by atoms with Gasteiger partial charge in [-0.05, 0) is 37.6 Å². The van der Waals surface area contributed by atoms with Crippen LogP contribution in [0.25, 0.3) is 0 Å². The number of hydrogen-bond donors (Lipinski definition) is 1. The van der Waals surface area contributed by atoms with Gasteiger partial charge < -0.3 is 14.8 Å². The maximum atomic E-state index is 12.2. The predicted molar refractivity (Wildman–Crippen MR) is 87.5 cm³/mol. The Hall–Kier alpha value is -2.34. The molecule has 2 aromatic rings. The molecular weight excluding hydrogens is 294 g/mol. The van der Waals surface area contributed by atoms with Crippen molar-refractivity contribution in [3.8, 4) is 5.75 Å². The fraction of sp³-hybridized carbons (Fsp3) is 0.412. The number of aromatic nitrogens is 2. The van der Waals surface area contributed by atoms with Gasteiger partial charge in [-0.3, -0.25) is 9.48 Å². The molecule has 1 amide bonds. The van der Waals surface area contributed by atoms with Crippen LogP contribution in [0.4, 0.5) is 0 Å². The highest BCUT2D eigenvalue weighted by Gasteiger charge is 2.11. The molecule has 0 unspecified atom stereocenters. The molecular formula is C17H23N3O3. The molecule has 1 aromatic heterocycles. The lowest BCUT2D eigenvalue weighted by molar-refractivity contribution is 0.0941. The van der Waals surface area contributed by atoms with Gasteiger partial charge in [0.2, 0.25) is 0 Å². The van der Waals surface area contributed by atoms with Crippen molar-refractivity contribution in [2.45, 2.75) is 20.4 Å². The Morgan fingerprint density at radius 1 is 1.30 bits per heavy atom. The molecule has 2 rings (SSSR count). The van der Waals surface area contributed by atoms with Crippen LogP contribution in [-0.4, -0.2) is 35.5 Å². The molecule has 0 radical (unpaired) electrons. The van der Waals surface area contributed by atoms with Gasteiger partial charge in [0.05, 0.1) is 12.3 Å². The van der Waals surface area contributed by atoms with Crippen LogP contribution in [0, 0.1) is 6.92 Å². The third-order valence-electron chi connectivity index (χ3n) is 3.29. The molecule has 0 aliphatic rings. The van der Waals surface area contributed by atoms with Crippen molar-refractivity contribution in [2.24, 2.45) is 7.05 Å². The number of amides is 1. The van der Waals surface area contributed by atoms with E-state index in [1.807, 2.05) is 38.1 Å². The van der Waals surface area contributed by atoms with E-state index < -0.39 is 0 Å². The number of rotatable bonds is 8. The number of nitrogens with zero attached hydrogens (tertiary/aromatic N) is 2. The van der Waals surface area contributed by atoms with Gasteiger partial charge in [0.1, 0.15) is 18.1 Å². The summed E-state index contributed by atoms with van der Waals surface area (Å²) in [6.07, 6.45) is 0. The molecule has 6 heteroatoms. The number of nitrogens with one attached hydrogen (secondary N) is 1. The zero-order valence-corrected chi connectivity index (χ0v) is 13.8. The Morgan fingerprint density at radius 2 is 2.13 bits per heavy atom. The van der Waals surface area contributed by atoms with Gasteiger partial charge in [-0.25, -0.2) is 0 Å². The Balaban J connectivity index is 1.88. The van der Waals surface area contributed by atoms with Crippen molar-refractivity contribution >= 4 is 5.91 Å². The van der Waals surface area contributed by atoms with Crippen molar-refractivity contribution in [1.29, 1.82) is 0 Å². The van der Waals surface area contributed by atoms with E-state index in [9.17, 15) is 4.79 Å². The SMILES string of the molecule is CCOCCOc1cccc(CNC(=O)c2cc(C)nn2C)c1. The minimum Gasteiger partial charge on any atom is -0.491 e. The lowest BCUT2D eigenvalue weighted by atomic mass is 10.2. The summed E-state index contributed by atoms with van der Waals surface area (Å²) in [5.41, 5.74) is 2.35. The monoisotopic (exact) mass is 317 g/mol. The van der Waals surface area contributed by atoms with Crippen LogP contribution in [0.15, 0.2) is 30.3 Å². The number of benzene rings is 1. The van der Waals surface area contributed by atoms with Crippen molar-refractivity contribution in [1.82, 2.24) is 15.1 Å². The summed E-state index contributed by atoms with van der Waals surface area (Å²) in [4.78, 5) is 12.2. The van der Waals surface area contributed by atoms with Crippen LogP contribution in [-0.2, 0) is 18.3 Å². The average molecular weight is 317 g/mol. The van der Waals surface area contributed by atoms with Crippen LogP contribution in [0.2, 0.25) is 0 Å². The Bertz CT molecular complexity index is 652. The normalized spacial score (nSPS) is 10.6. The van der Waals surface area contributed by atoms with Gasteiger partial charge >= 0.3 is 0 Å². The molecule has 1 aromatic carbocycles. The van der Waals surface area contributed by atoms with Crippen LogP contribution in [0.3, 0.4) is 0 Å². The number of carbonyl (C=O) groups is 1. The number of carbonyl (C=O) groups excluding carboxylic acids is 1. The van der Waals surface area contributed by atoms with E-state index in [4.69, 9.17) is 9.47 Å². The smallest absolute Gasteiger partial charge is 0.269 e. The molecule has 0 aliphatic heterocycles. The van der Waals surface area contributed by atoms with Crippen molar-refractivity contribution in [2.75, 3.05) is 19.8 Å². The Labute approximate surface area is 136 Å². The molecule has 0 atom stereocenters. The van der Waals surface area contributed by atoms with Gasteiger partial charge in [0.15, 0.2) is 0 Å². The summed E-state index contributed by atoms with van der Waals surface area (Å²) in [6.45, 7) is 6.01. The van der Waals surface area contributed by atoms with Gasteiger partial charge in [-0.15, -0.1) is 0 Å². The van der Waals surface area contributed by atoms with E-state index >= 15 is 0 Å². The first-order valence-corrected chi connectivity index (χ1v) is 7.68. The molecule has 6 nitrogen and oxygen atoms in total. The molecule has 0 bridgehead atoms. The molecule has 0 aliphatic carbocycles. The molecule has 0 spiro atoms. The molecule has 0 fully saturated rings. The standard InChI is InChI=1S/C17H23N3O3/c1-4-22-8-9-23-15-7-5-6-14(11-15)12-18-17(21)16-10-13(2)19-20(16)3/h5-7,10-11H,4,8-9,12H2,1-3H3,(H,18,21). The third-order valence-corrected chi connectivity index (χ3v) is 3.29. The fourth-order valence-electron chi connectivity index (χ4n) is 2.20. The maximum absolute atomic E-state index is 12.2. The molecule has 0 saturated heterocycles. The predicted octanol–water partition coefficient (Wildman–Crippen LogP) is 2.07. The van der Waals surface area contributed by atoms with Crippen molar-refractivity contribution in [3.05, 3.63) is 47.3 Å². The van der Waals surface area contributed by atoms with Gasteiger partial charge in [0.25, 0.3) is 5.91 Å². The summed E-state index contributed by atoms with van der Waals surface area (Å²) < 4.78 is 12.4. The molecule has 1 heterocycles. The zero-order chi connectivity index (χ0) is 16.7. The largest absolute Gasteiger partial charge is 0.491 e. The first-order chi connectivity index (χ1) is 11.1. The summed E-state index contributed by atoms with van der Waals surface area (Å²) in [5, 5.41) is 7.07. The maximum Gasteiger partial charge on any atom is 0.269 e. The highest BCUT2D eigenvalue weighted by atomic mass is 16.5. The highest BCUT2D eigenvalue weighted by Crippen LogP contribution is 2.13. The summed E-state index contributed by atoms with van der Waals surface area (Å²) in [6, 6.07) is 9.43. The van der Waals surface area contributed by atoms with Crippen LogP contribution in [0.1, 0.15) is 28.7 Å². The Kier molecular flexibility index (Phi) is 6.17. The number of aryl methyl sites for hydroxylation is 2. The highest BCUT2D eigenvalue weighted by molar-refractivity contribution is 5.92. The van der Waals surface area contributed by atoms with Crippen molar-refractivity contribution < 1.29 is 14.3 Å². The van der Waals surface area contributed by atoms with Crippen LogP contribution < -0.4 is 10.1 Å². The minimum absolute atomic E-state index is 0.143. The van der Waals surface area contributed by atoms with Crippen LogP contribution >= 0.6 is 0 Å². The Morgan fingerprint density at radius 3 is 2.83 bits per heavy atom. The second kappa shape index (κ2) is 8.33. The topological polar surface area (TPSA) is 65.4 Å². The van der Waals surface area contributed by atoms with E-state index in [2.05, 4.69) is 10.4 Å². The third kappa shape index (κ3) is 5.10. The van der Waals surface area contributed by atoms with Gasteiger partial charge in [-0.2, -0.15) is 5.10 Å². The second-order valence-electron chi connectivity index (χ2n) is 5.17. The van der Waals surface area contributed by atoms with E-state index in [1.54, 1.807) is 17.8 Å². The first kappa shape index (κ1) is 17.0. The summed E-state index contributed by atoms with van der Waals surface area (Å²) >= 11 is 0. The quantitative estimate of drug-likeness (QED) is 0.757. The van der Waals surface area contributed by atoms with E-state index in [1.165, 1.54) is 0 Å². The number of hydrogen-bond acceptors (Lipinski definition) is 4. The van der Waals surface area contributed by atoms with Gasteiger partial charge in [0, 0.05) is 20.2 Å². The van der Waals surface area contributed by atoms with Crippen LogP contribution in [0.5, 0.6) is 5.75 Å². The lowest BCUT2D eigenvalue weighted by Gasteiger charge is -2.09. The van der Waals surface area contributed by atoms with E-state index in [-0.39, 0.29) is 5.91 Å². The zero-order valence-electron chi connectivity index (χ0n) is 13.8. The molecule has 124 valence electrons. The summed E-state index contributed by atoms with van der Waals surface area (Å²) in [5.74, 6) is 0.628.